The topological polar surface area (TPSA) is 53.1 Å². The SMILES string of the molecule is COCCN1C(=O)C[C@@H](C(=O)N2CCCN(C)CC2)[C@@H]1c1ccccc1Cl. The van der Waals surface area contributed by atoms with Crippen LogP contribution in [0.1, 0.15) is 24.4 Å². The predicted molar refractivity (Wildman–Crippen MR) is 105 cm³/mol. The zero-order valence-corrected chi connectivity index (χ0v) is 16.8. The first-order valence-corrected chi connectivity index (χ1v) is 9.91. The smallest absolute Gasteiger partial charge is 0.228 e. The number of methoxy groups -OCH3 is 1. The average molecular weight is 394 g/mol. The molecule has 1 aromatic rings. The number of benzene rings is 1. The summed E-state index contributed by atoms with van der Waals surface area (Å²) in [6.45, 7) is 4.17. The average Bonchev–Trinajstić information content (AvgIpc) is 2.82. The summed E-state index contributed by atoms with van der Waals surface area (Å²) in [5, 5.41) is 0.591. The molecule has 0 radical (unpaired) electrons. The van der Waals surface area contributed by atoms with Gasteiger partial charge in [-0.2, -0.15) is 0 Å². The third-order valence-electron chi connectivity index (χ3n) is 5.54. The highest BCUT2D eigenvalue weighted by molar-refractivity contribution is 6.31. The Bertz CT molecular complexity index is 684. The van der Waals surface area contributed by atoms with Gasteiger partial charge < -0.3 is 19.4 Å². The molecule has 0 N–H and O–H groups in total. The fraction of sp³-hybridized carbons (Fsp3) is 0.600. The lowest BCUT2D eigenvalue weighted by molar-refractivity contribution is -0.136. The number of hydrogen-bond acceptors (Lipinski definition) is 4. The van der Waals surface area contributed by atoms with Gasteiger partial charge in [-0.15, -0.1) is 0 Å². The molecule has 3 rings (SSSR count). The van der Waals surface area contributed by atoms with Gasteiger partial charge in [0.1, 0.15) is 0 Å². The summed E-state index contributed by atoms with van der Waals surface area (Å²) in [6, 6.07) is 7.16. The van der Waals surface area contributed by atoms with Crippen LogP contribution in [0.5, 0.6) is 0 Å². The number of hydrogen-bond donors (Lipinski definition) is 0. The number of halogens is 1. The summed E-state index contributed by atoms with van der Waals surface area (Å²) in [7, 11) is 3.69. The number of carbonyl (C=O) groups is 2. The third-order valence-corrected chi connectivity index (χ3v) is 5.88. The fourth-order valence-corrected chi connectivity index (χ4v) is 4.31. The molecule has 2 atom stereocenters. The molecule has 2 heterocycles. The Morgan fingerprint density at radius 1 is 1.22 bits per heavy atom. The molecule has 0 bridgehead atoms. The molecule has 7 heteroatoms. The zero-order valence-electron chi connectivity index (χ0n) is 16.1. The number of rotatable bonds is 5. The Morgan fingerprint density at radius 2 is 2.00 bits per heavy atom. The van der Waals surface area contributed by atoms with E-state index >= 15 is 0 Å². The second-order valence-electron chi connectivity index (χ2n) is 7.34. The van der Waals surface area contributed by atoms with Gasteiger partial charge in [0, 0.05) is 44.7 Å². The van der Waals surface area contributed by atoms with Gasteiger partial charge in [0.25, 0.3) is 0 Å². The molecule has 2 aliphatic rings. The van der Waals surface area contributed by atoms with Crippen molar-refractivity contribution >= 4 is 23.4 Å². The Labute approximate surface area is 166 Å². The van der Waals surface area contributed by atoms with Crippen molar-refractivity contribution in [3.8, 4) is 0 Å². The Hall–Kier alpha value is -1.63. The van der Waals surface area contributed by atoms with E-state index in [1.807, 2.05) is 29.2 Å². The number of nitrogens with zero attached hydrogens (tertiary/aromatic N) is 3. The zero-order chi connectivity index (χ0) is 19.4. The molecular formula is C20H28ClN3O3. The molecule has 0 saturated carbocycles. The maximum atomic E-state index is 13.4. The van der Waals surface area contributed by atoms with E-state index in [2.05, 4.69) is 11.9 Å². The number of amides is 2. The minimum atomic E-state index is -0.405. The summed E-state index contributed by atoms with van der Waals surface area (Å²) >= 11 is 6.45. The minimum Gasteiger partial charge on any atom is -0.383 e. The third kappa shape index (κ3) is 4.45. The van der Waals surface area contributed by atoms with Gasteiger partial charge in [-0.05, 0) is 31.6 Å². The van der Waals surface area contributed by atoms with Crippen molar-refractivity contribution < 1.29 is 14.3 Å². The van der Waals surface area contributed by atoms with Crippen LogP contribution in [0.15, 0.2) is 24.3 Å². The van der Waals surface area contributed by atoms with Crippen LogP contribution in [-0.4, -0.2) is 80.0 Å². The number of likely N-dealkylation sites (N-methyl/N-ethyl adjacent to an activating group) is 1. The quantitative estimate of drug-likeness (QED) is 0.768. The Balaban J connectivity index is 1.88. The van der Waals surface area contributed by atoms with Crippen molar-refractivity contribution in [1.82, 2.24) is 14.7 Å². The van der Waals surface area contributed by atoms with E-state index in [0.29, 0.717) is 24.7 Å². The van der Waals surface area contributed by atoms with Gasteiger partial charge in [-0.1, -0.05) is 29.8 Å². The number of ether oxygens (including phenoxy) is 1. The normalized spacial score (nSPS) is 24.3. The molecule has 2 saturated heterocycles. The van der Waals surface area contributed by atoms with Crippen LogP contribution >= 0.6 is 11.6 Å². The molecule has 148 valence electrons. The second-order valence-corrected chi connectivity index (χ2v) is 7.75. The first-order valence-electron chi connectivity index (χ1n) is 9.53. The molecule has 27 heavy (non-hydrogen) atoms. The maximum absolute atomic E-state index is 13.4. The molecule has 2 amide bonds. The first-order chi connectivity index (χ1) is 13.0. The lowest BCUT2D eigenvalue weighted by Crippen LogP contribution is -2.41. The van der Waals surface area contributed by atoms with E-state index in [1.165, 1.54) is 0 Å². The van der Waals surface area contributed by atoms with Gasteiger partial charge in [0.05, 0.1) is 18.6 Å². The monoisotopic (exact) mass is 393 g/mol. The molecule has 1 aromatic carbocycles. The Kier molecular flexibility index (Phi) is 6.73. The van der Waals surface area contributed by atoms with Crippen molar-refractivity contribution in [1.29, 1.82) is 0 Å². The molecule has 6 nitrogen and oxygen atoms in total. The highest BCUT2D eigenvalue weighted by Crippen LogP contribution is 2.41. The van der Waals surface area contributed by atoms with Crippen molar-refractivity contribution in [2.75, 3.05) is 53.5 Å². The van der Waals surface area contributed by atoms with E-state index in [4.69, 9.17) is 16.3 Å². The lowest BCUT2D eigenvalue weighted by Gasteiger charge is -2.31. The van der Waals surface area contributed by atoms with Crippen LogP contribution in [0.2, 0.25) is 5.02 Å². The van der Waals surface area contributed by atoms with Crippen LogP contribution in [0, 0.1) is 5.92 Å². The van der Waals surface area contributed by atoms with Crippen LogP contribution in [0.4, 0.5) is 0 Å². The summed E-state index contributed by atoms with van der Waals surface area (Å²) < 4.78 is 5.18. The van der Waals surface area contributed by atoms with Gasteiger partial charge in [-0.25, -0.2) is 0 Å². The highest BCUT2D eigenvalue weighted by atomic mass is 35.5. The highest BCUT2D eigenvalue weighted by Gasteiger charge is 2.46. The van der Waals surface area contributed by atoms with Crippen molar-refractivity contribution in [3.63, 3.8) is 0 Å². The largest absolute Gasteiger partial charge is 0.383 e. The number of carbonyl (C=O) groups excluding carboxylic acids is 2. The minimum absolute atomic E-state index is 0.0118. The Morgan fingerprint density at radius 3 is 2.74 bits per heavy atom. The first kappa shape index (κ1) is 20.1. The van der Waals surface area contributed by atoms with Crippen LogP contribution in [0.25, 0.3) is 0 Å². The second kappa shape index (κ2) is 9.04. The number of likely N-dealkylation sites (tertiary alicyclic amines) is 1. The molecule has 2 fully saturated rings. The van der Waals surface area contributed by atoms with E-state index < -0.39 is 5.92 Å². The molecule has 2 aliphatic heterocycles. The van der Waals surface area contributed by atoms with Crippen molar-refractivity contribution in [2.24, 2.45) is 5.92 Å². The van der Waals surface area contributed by atoms with Gasteiger partial charge in [0.15, 0.2) is 0 Å². The van der Waals surface area contributed by atoms with Crippen LogP contribution in [-0.2, 0) is 14.3 Å². The summed E-state index contributed by atoms with van der Waals surface area (Å²) in [4.78, 5) is 32.0. The predicted octanol–water partition coefficient (Wildman–Crippen LogP) is 2.04. The standard InChI is InChI=1S/C20H28ClN3O3/c1-22-8-5-9-23(11-10-22)20(26)16-14-18(25)24(12-13-27-2)19(16)15-6-3-4-7-17(15)21/h3-4,6-7,16,19H,5,8-14H2,1-2H3/t16-,19+/m1/s1. The molecular weight excluding hydrogens is 366 g/mol. The molecule has 0 aromatic heterocycles. The maximum Gasteiger partial charge on any atom is 0.228 e. The van der Waals surface area contributed by atoms with Gasteiger partial charge in [-0.3, -0.25) is 9.59 Å². The van der Waals surface area contributed by atoms with Gasteiger partial charge >= 0.3 is 0 Å². The summed E-state index contributed by atoms with van der Waals surface area (Å²) in [6.07, 6.45) is 1.18. The van der Waals surface area contributed by atoms with E-state index in [-0.39, 0.29) is 24.3 Å². The summed E-state index contributed by atoms with van der Waals surface area (Å²) in [5.41, 5.74) is 0.839. The summed E-state index contributed by atoms with van der Waals surface area (Å²) in [5.74, 6) is -0.358. The van der Waals surface area contributed by atoms with Crippen LogP contribution < -0.4 is 0 Å². The van der Waals surface area contributed by atoms with E-state index in [0.717, 1.165) is 31.6 Å². The van der Waals surface area contributed by atoms with E-state index in [9.17, 15) is 9.59 Å². The van der Waals surface area contributed by atoms with Crippen molar-refractivity contribution in [2.45, 2.75) is 18.9 Å². The van der Waals surface area contributed by atoms with Crippen molar-refractivity contribution in [3.05, 3.63) is 34.9 Å². The lowest BCUT2D eigenvalue weighted by atomic mass is 9.92. The fourth-order valence-electron chi connectivity index (χ4n) is 4.07. The van der Waals surface area contributed by atoms with Crippen LogP contribution in [0.3, 0.4) is 0 Å². The molecule has 0 unspecified atom stereocenters. The van der Waals surface area contributed by atoms with Gasteiger partial charge in [0.2, 0.25) is 11.8 Å². The van der Waals surface area contributed by atoms with E-state index in [1.54, 1.807) is 12.0 Å². The molecule has 0 spiro atoms. The molecule has 0 aliphatic carbocycles.